The first-order valence-corrected chi connectivity index (χ1v) is 8.63. The maximum Gasteiger partial charge on any atom is 0.399 e. The van der Waals surface area contributed by atoms with E-state index in [1.807, 2.05) is 20.0 Å². The largest absolute Gasteiger partial charge is 0.399 e. The van der Waals surface area contributed by atoms with Gasteiger partial charge in [-0.25, -0.2) is 0 Å². The van der Waals surface area contributed by atoms with E-state index in [1.165, 1.54) is 24.3 Å². The van der Waals surface area contributed by atoms with Crippen LogP contribution in [0.4, 0.5) is 13.2 Å². The molecule has 1 aromatic heterocycles. The van der Waals surface area contributed by atoms with Gasteiger partial charge in [0.05, 0.1) is 11.6 Å². The number of aryl methyl sites for hydroxylation is 3. The van der Waals surface area contributed by atoms with Crippen molar-refractivity contribution in [3.8, 4) is 0 Å². The summed E-state index contributed by atoms with van der Waals surface area (Å²) in [6.07, 6.45) is -0.156. The molecule has 26 heavy (non-hydrogen) atoms. The molecular formula is C20H22ClF3N2. The second-order valence-electron chi connectivity index (χ2n) is 6.41. The van der Waals surface area contributed by atoms with Crippen LogP contribution in [0.15, 0.2) is 30.5 Å². The average Bonchev–Trinajstić information content (AvgIpc) is 2.54. The van der Waals surface area contributed by atoms with Crippen LogP contribution in [0.2, 0.25) is 5.02 Å². The summed E-state index contributed by atoms with van der Waals surface area (Å²) in [7, 11) is 1.82. The van der Waals surface area contributed by atoms with Gasteiger partial charge in [0, 0.05) is 17.8 Å². The van der Waals surface area contributed by atoms with Crippen LogP contribution in [0.25, 0.3) is 6.08 Å². The van der Waals surface area contributed by atoms with Gasteiger partial charge in [-0.3, -0.25) is 4.98 Å². The first-order chi connectivity index (χ1) is 12.1. The van der Waals surface area contributed by atoms with E-state index in [2.05, 4.69) is 10.3 Å². The highest BCUT2D eigenvalue weighted by Crippen LogP contribution is 2.38. The summed E-state index contributed by atoms with van der Waals surface area (Å²) in [4.78, 5) is 4.31. The Bertz CT molecular complexity index is 790. The smallest absolute Gasteiger partial charge is 0.314 e. The van der Waals surface area contributed by atoms with Gasteiger partial charge in [0.2, 0.25) is 0 Å². The lowest BCUT2D eigenvalue weighted by Crippen LogP contribution is -2.19. The number of allylic oxidation sites excluding steroid dienone is 1. The molecule has 1 heterocycles. The second-order valence-corrected chi connectivity index (χ2v) is 6.79. The van der Waals surface area contributed by atoms with Crippen LogP contribution in [0.5, 0.6) is 0 Å². The number of nitrogens with one attached hydrogen (secondary N) is 1. The standard InChI is InChI=1S/C20H22ClF3N2/c1-12-7-15(10-26-18(12)11-25-4)5-6-17(20(22,23)24)16-8-13(2)19(21)14(3)9-16/h5-10,17,25H,11H2,1-4H3/b6-5+. The van der Waals surface area contributed by atoms with Crippen LogP contribution in [-0.2, 0) is 6.54 Å². The van der Waals surface area contributed by atoms with Gasteiger partial charge in [0.1, 0.15) is 0 Å². The fourth-order valence-electron chi connectivity index (χ4n) is 2.84. The fraction of sp³-hybridized carbons (Fsp3) is 0.350. The molecule has 0 saturated carbocycles. The number of hydrogen-bond donors (Lipinski definition) is 1. The molecule has 140 valence electrons. The lowest BCUT2D eigenvalue weighted by Gasteiger charge is -2.19. The van der Waals surface area contributed by atoms with Crippen LogP contribution >= 0.6 is 11.6 Å². The second kappa shape index (κ2) is 8.23. The van der Waals surface area contributed by atoms with Crippen molar-refractivity contribution in [2.24, 2.45) is 0 Å². The van der Waals surface area contributed by atoms with E-state index in [4.69, 9.17) is 11.6 Å². The van der Waals surface area contributed by atoms with Crippen LogP contribution in [0.1, 0.15) is 39.4 Å². The minimum atomic E-state index is -4.39. The van der Waals surface area contributed by atoms with Crippen LogP contribution < -0.4 is 5.32 Å². The Labute approximate surface area is 157 Å². The topological polar surface area (TPSA) is 24.9 Å². The molecule has 0 spiro atoms. The molecule has 0 fully saturated rings. The fourth-order valence-corrected chi connectivity index (χ4v) is 2.95. The third-order valence-electron chi connectivity index (χ3n) is 4.20. The third-order valence-corrected chi connectivity index (χ3v) is 4.80. The van der Waals surface area contributed by atoms with Gasteiger partial charge in [0.15, 0.2) is 0 Å². The molecule has 0 aliphatic rings. The number of benzene rings is 1. The van der Waals surface area contributed by atoms with Crippen LogP contribution in [-0.4, -0.2) is 18.2 Å². The monoisotopic (exact) mass is 382 g/mol. The molecule has 0 bridgehead atoms. The van der Waals surface area contributed by atoms with Crippen molar-refractivity contribution in [2.75, 3.05) is 7.05 Å². The maximum absolute atomic E-state index is 13.6. The molecule has 0 saturated heterocycles. The summed E-state index contributed by atoms with van der Waals surface area (Å²) in [5, 5.41) is 3.51. The van der Waals surface area contributed by atoms with Gasteiger partial charge in [-0.15, -0.1) is 0 Å². The molecular weight excluding hydrogens is 361 g/mol. The predicted octanol–water partition coefficient (Wildman–Crippen LogP) is 5.74. The summed E-state index contributed by atoms with van der Waals surface area (Å²) < 4.78 is 40.8. The molecule has 0 amide bonds. The SMILES string of the molecule is CNCc1ncc(/C=C/C(c2cc(C)c(Cl)c(C)c2)C(F)(F)F)cc1C. The molecule has 1 N–H and O–H groups in total. The van der Waals surface area contributed by atoms with Crippen molar-refractivity contribution >= 4 is 17.7 Å². The Morgan fingerprint density at radius 3 is 2.23 bits per heavy atom. The molecule has 0 aliphatic carbocycles. The van der Waals surface area contributed by atoms with Gasteiger partial charge < -0.3 is 5.32 Å². The molecule has 0 radical (unpaired) electrons. The van der Waals surface area contributed by atoms with Gasteiger partial charge in [0.25, 0.3) is 0 Å². The minimum Gasteiger partial charge on any atom is -0.314 e. The number of hydrogen-bond acceptors (Lipinski definition) is 2. The zero-order valence-corrected chi connectivity index (χ0v) is 16.0. The van der Waals surface area contributed by atoms with Crippen molar-refractivity contribution in [1.82, 2.24) is 10.3 Å². The van der Waals surface area contributed by atoms with Crippen LogP contribution in [0, 0.1) is 20.8 Å². The number of halogens is 4. The Kier molecular flexibility index (Phi) is 6.48. The molecule has 2 rings (SSSR count). The van der Waals surface area contributed by atoms with E-state index in [-0.39, 0.29) is 5.56 Å². The molecule has 0 aliphatic heterocycles. The van der Waals surface area contributed by atoms with Gasteiger partial charge in [-0.1, -0.05) is 35.9 Å². The van der Waals surface area contributed by atoms with E-state index in [9.17, 15) is 13.2 Å². The first-order valence-electron chi connectivity index (χ1n) is 8.25. The van der Waals surface area contributed by atoms with Gasteiger partial charge in [-0.05, 0) is 61.7 Å². The quantitative estimate of drug-likeness (QED) is 0.713. The minimum absolute atomic E-state index is 0.185. The number of pyridine rings is 1. The summed E-state index contributed by atoms with van der Waals surface area (Å²) in [5.41, 5.74) is 3.91. The highest BCUT2D eigenvalue weighted by atomic mass is 35.5. The predicted molar refractivity (Wildman–Crippen MR) is 100 cm³/mol. The van der Waals surface area contributed by atoms with Crippen molar-refractivity contribution < 1.29 is 13.2 Å². The Morgan fingerprint density at radius 1 is 1.12 bits per heavy atom. The molecule has 6 heteroatoms. The van der Waals surface area contributed by atoms with E-state index >= 15 is 0 Å². The van der Waals surface area contributed by atoms with Gasteiger partial charge >= 0.3 is 6.18 Å². The molecule has 1 atom stereocenters. The van der Waals surface area contributed by atoms with Crippen LogP contribution in [0.3, 0.4) is 0 Å². The summed E-state index contributed by atoms with van der Waals surface area (Å²) in [6, 6.07) is 4.83. The van der Waals surface area contributed by atoms with Gasteiger partial charge in [-0.2, -0.15) is 13.2 Å². The number of aromatic nitrogens is 1. The van der Waals surface area contributed by atoms with E-state index in [0.717, 1.165) is 11.3 Å². The first kappa shape index (κ1) is 20.5. The van der Waals surface area contributed by atoms with Crippen molar-refractivity contribution in [1.29, 1.82) is 0 Å². The highest BCUT2D eigenvalue weighted by Gasteiger charge is 2.39. The Morgan fingerprint density at radius 2 is 1.73 bits per heavy atom. The number of nitrogens with zero attached hydrogens (tertiary/aromatic N) is 1. The summed E-state index contributed by atoms with van der Waals surface area (Å²) in [5.74, 6) is -1.70. The highest BCUT2D eigenvalue weighted by molar-refractivity contribution is 6.32. The number of rotatable bonds is 5. The lowest BCUT2D eigenvalue weighted by atomic mass is 9.94. The van der Waals surface area contributed by atoms with Crippen molar-refractivity contribution in [2.45, 2.75) is 39.4 Å². The summed E-state index contributed by atoms with van der Waals surface area (Å²) in [6.45, 7) is 5.93. The molecule has 2 aromatic rings. The number of alkyl halides is 3. The Balaban J connectivity index is 2.38. The molecule has 1 aromatic carbocycles. The zero-order valence-electron chi connectivity index (χ0n) is 15.2. The lowest BCUT2D eigenvalue weighted by molar-refractivity contribution is -0.139. The normalized spacial score (nSPS) is 13.4. The molecule has 1 unspecified atom stereocenters. The maximum atomic E-state index is 13.6. The van der Waals surface area contributed by atoms with E-state index < -0.39 is 12.1 Å². The molecule has 2 nitrogen and oxygen atoms in total. The van der Waals surface area contributed by atoms with E-state index in [1.54, 1.807) is 20.0 Å². The van der Waals surface area contributed by atoms with Crippen molar-refractivity contribution in [3.63, 3.8) is 0 Å². The Hall–Kier alpha value is -1.85. The third kappa shape index (κ3) is 4.86. The van der Waals surface area contributed by atoms with Crippen molar-refractivity contribution in [3.05, 3.63) is 69.0 Å². The summed E-state index contributed by atoms with van der Waals surface area (Å²) >= 11 is 6.09. The van der Waals surface area contributed by atoms with E-state index in [0.29, 0.717) is 28.3 Å². The average molecular weight is 383 g/mol. The zero-order chi connectivity index (χ0) is 19.5.